The van der Waals surface area contributed by atoms with Crippen molar-refractivity contribution in [2.24, 2.45) is 0 Å². The van der Waals surface area contributed by atoms with E-state index in [4.69, 9.17) is 0 Å². The molecule has 1 aromatic carbocycles. The van der Waals surface area contributed by atoms with Gasteiger partial charge in [0.05, 0.1) is 11.7 Å². The second-order valence-electron chi connectivity index (χ2n) is 4.76. The molecule has 4 heteroatoms. The quantitative estimate of drug-likeness (QED) is 0.911. The highest BCUT2D eigenvalue weighted by molar-refractivity contribution is 6.06. The van der Waals surface area contributed by atoms with Crippen molar-refractivity contribution in [3.63, 3.8) is 0 Å². The number of rotatable bonds is 3. The molecule has 2 heterocycles. The van der Waals surface area contributed by atoms with Crippen molar-refractivity contribution in [1.82, 2.24) is 10.3 Å². The van der Waals surface area contributed by atoms with Crippen LogP contribution >= 0.6 is 0 Å². The SMILES string of the molecule is CCNC1CCN(c2cccc3cnccc23)C1=O. The number of carbonyl (C=O) groups excluding carboxylic acids is 1. The fourth-order valence-electron chi connectivity index (χ4n) is 2.70. The first kappa shape index (κ1) is 12.1. The summed E-state index contributed by atoms with van der Waals surface area (Å²) in [5, 5.41) is 5.39. The molecule has 3 rings (SSSR count). The van der Waals surface area contributed by atoms with Crippen molar-refractivity contribution >= 4 is 22.4 Å². The van der Waals surface area contributed by atoms with E-state index < -0.39 is 0 Å². The van der Waals surface area contributed by atoms with Gasteiger partial charge in [-0.05, 0) is 25.1 Å². The van der Waals surface area contributed by atoms with Crippen molar-refractivity contribution < 1.29 is 4.79 Å². The van der Waals surface area contributed by atoms with Crippen LogP contribution in [-0.4, -0.2) is 30.0 Å². The highest BCUT2D eigenvalue weighted by atomic mass is 16.2. The Balaban J connectivity index is 1.99. The number of pyridine rings is 1. The number of likely N-dealkylation sites (N-methyl/N-ethyl adjacent to an activating group) is 1. The molecule has 1 amide bonds. The maximum Gasteiger partial charge on any atom is 0.244 e. The lowest BCUT2D eigenvalue weighted by Gasteiger charge is -2.19. The molecular weight excluding hydrogens is 238 g/mol. The maximum absolute atomic E-state index is 12.4. The molecule has 98 valence electrons. The highest BCUT2D eigenvalue weighted by Crippen LogP contribution is 2.29. The minimum absolute atomic E-state index is 0.0397. The summed E-state index contributed by atoms with van der Waals surface area (Å²) in [5.41, 5.74) is 0.991. The van der Waals surface area contributed by atoms with Crippen LogP contribution in [0.25, 0.3) is 10.8 Å². The summed E-state index contributed by atoms with van der Waals surface area (Å²) in [6, 6.07) is 7.94. The van der Waals surface area contributed by atoms with E-state index >= 15 is 0 Å². The third-order valence-electron chi connectivity index (χ3n) is 3.60. The summed E-state index contributed by atoms with van der Waals surface area (Å²) in [5.74, 6) is 0.172. The van der Waals surface area contributed by atoms with E-state index in [1.807, 2.05) is 42.3 Å². The maximum atomic E-state index is 12.4. The highest BCUT2D eigenvalue weighted by Gasteiger charge is 2.32. The third kappa shape index (κ3) is 2.08. The second-order valence-corrected chi connectivity index (χ2v) is 4.76. The molecule has 0 aliphatic carbocycles. The Morgan fingerprint density at radius 1 is 1.42 bits per heavy atom. The monoisotopic (exact) mass is 255 g/mol. The topological polar surface area (TPSA) is 45.2 Å². The van der Waals surface area contributed by atoms with Gasteiger partial charge in [0, 0.05) is 29.7 Å². The van der Waals surface area contributed by atoms with E-state index in [-0.39, 0.29) is 11.9 Å². The Morgan fingerprint density at radius 2 is 2.32 bits per heavy atom. The summed E-state index contributed by atoms with van der Waals surface area (Å²) >= 11 is 0. The number of fused-ring (bicyclic) bond motifs is 1. The predicted octanol–water partition coefficient (Wildman–Crippen LogP) is 1.95. The average molecular weight is 255 g/mol. The summed E-state index contributed by atoms with van der Waals surface area (Å²) in [6.07, 6.45) is 4.48. The molecule has 1 unspecified atom stereocenters. The van der Waals surface area contributed by atoms with Crippen LogP contribution in [0.2, 0.25) is 0 Å². The molecule has 1 fully saturated rings. The number of carbonyl (C=O) groups is 1. The zero-order valence-corrected chi connectivity index (χ0v) is 11.0. The molecule has 0 saturated carbocycles. The van der Waals surface area contributed by atoms with Crippen LogP contribution in [-0.2, 0) is 4.79 Å². The van der Waals surface area contributed by atoms with Crippen LogP contribution in [0, 0.1) is 0 Å². The summed E-state index contributed by atoms with van der Waals surface area (Å²) in [6.45, 7) is 3.63. The van der Waals surface area contributed by atoms with Crippen molar-refractivity contribution in [1.29, 1.82) is 0 Å². The van der Waals surface area contributed by atoms with E-state index in [1.54, 1.807) is 6.20 Å². The minimum atomic E-state index is -0.0397. The van der Waals surface area contributed by atoms with Crippen LogP contribution in [0.3, 0.4) is 0 Å². The first-order valence-electron chi connectivity index (χ1n) is 6.68. The van der Waals surface area contributed by atoms with Crippen molar-refractivity contribution in [2.45, 2.75) is 19.4 Å². The number of hydrogen-bond acceptors (Lipinski definition) is 3. The zero-order chi connectivity index (χ0) is 13.2. The standard InChI is InChI=1S/C15H17N3O/c1-2-17-13-7-9-18(15(13)19)14-5-3-4-11-10-16-8-6-12(11)14/h3-6,8,10,13,17H,2,7,9H2,1H3. The molecule has 1 atom stereocenters. The molecule has 4 nitrogen and oxygen atoms in total. The number of hydrogen-bond donors (Lipinski definition) is 1. The lowest BCUT2D eigenvalue weighted by Crippen LogP contribution is -2.38. The molecule has 0 radical (unpaired) electrons. The second kappa shape index (κ2) is 4.97. The molecule has 1 N–H and O–H groups in total. The van der Waals surface area contributed by atoms with Gasteiger partial charge in [-0.2, -0.15) is 0 Å². The van der Waals surface area contributed by atoms with E-state index in [0.717, 1.165) is 36.0 Å². The minimum Gasteiger partial charge on any atom is -0.310 e. The Kier molecular flexibility index (Phi) is 3.17. The lowest BCUT2D eigenvalue weighted by molar-refractivity contribution is -0.118. The number of aromatic nitrogens is 1. The van der Waals surface area contributed by atoms with Gasteiger partial charge in [-0.3, -0.25) is 9.78 Å². The van der Waals surface area contributed by atoms with Crippen LogP contribution in [0.15, 0.2) is 36.7 Å². The van der Waals surface area contributed by atoms with Gasteiger partial charge in [0.25, 0.3) is 0 Å². The summed E-state index contributed by atoms with van der Waals surface area (Å²) in [4.78, 5) is 18.4. The zero-order valence-electron chi connectivity index (χ0n) is 11.0. The van der Waals surface area contributed by atoms with Crippen molar-refractivity contribution in [2.75, 3.05) is 18.0 Å². The van der Waals surface area contributed by atoms with Gasteiger partial charge in [-0.1, -0.05) is 19.1 Å². The Bertz CT molecular complexity index is 606. The molecule has 1 saturated heterocycles. The van der Waals surface area contributed by atoms with Gasteiger partial charge in [-0.15, -0.1) is 0 Å². The molecule has 1 aliphatic rings. The van der Waals surface area contributed by atoms with E-state index in [9.17, 15) is 4.79 Å². The van der Waals surface area contributed by atoms with Crippen molar-refractivity contribution in [3.05, 3.63) is 36.7 Å². The predicted molar refractivity (Wildman–Crippen MR) is 76.2 cm³/mol. The van der Waals surface area contributed by atoms with Gasteiger partial charge in [0.2, 0.25) is 5.91 Å². The molecule has 2 aromatic rings. The number of benzene rings is 1. The Morgan fingerprint density at radius 3 is 3.16 bits per heavy atom. The largest absolute Gasteiger partial charge is 0.310 e. The van der Waals surface area contributed by atoms with Gasteiger partial charge in [-0.25, -0.2) is 0 Å². The average Bonchev–Trinajstić information content (AvgIpc) is 2.80. The Hall–Kier alpha value is -1.94. The fourth-order valence-corrected chi connectivity index (χ4v) is 2.70. The molecule has 1 aliphatic heterocycles. The number of nitrogens with zero attached hydrogens (tertiary/aromatic N) is 2. The molecule has 1 aromatic heterocycles. The van der Waals surface area contributed by atoms with Crippen LogP contribution < -0.4 is 10.2 Å². The van der Waals surface area contributed by atoms with Crippen LogP contribution in [0.4, 0.5) is 5.69 Å². The van der Waals surface area contributed by atoms with E-state index in [2.05, 4.69) is 10.3 Å². The fraction of sp³-hybridized carbons (Fsp3) is 0.333. The number of nitrogens with one attached hydrogen (secondary N) is 1. The smallest absolute Gasteiger partial charge is 0.244 e. The van der Waals surface area contributed by atoms with Crippen molar-refractivity contribution in [3.8, 4) is 0 Å². The van der Waals surface area contributed by atoms with Crippen LogP contribution in [0.5, 0.6) is 0 Å². The van der Waals surface area contributed by atoms with Gasteiger partial charge < -0.3 is 10.2 Å². The molecular formula is C15H17N3O. The molecule has 19 heavy (non-hydrogen) atoms. The number of anilines is 1. The van der Waals surface area contributed by atoms with E-state index in [1.165, 1.54) is 0 Å². The summed E-state index contributed by atoms with van der Waals surface area (Å²) < 4.78 is 0. The molecule has 0 spiro atoms. The first-order chi connectivity index (χ1) is 9.31. The normalized spacial score (nSPS) is 19.3. The number of amides is 1. The molecule has 0 bridgehead atoms. The third-order valence-corrected chi connectivity index (χ3v) is 3.60. The van der Waals surface area contributed by atoms with Gasteiger partial charge in [0.1, 0.15) is 0 Å². The van der Waals surface area contributed by atoms with Gasteiger partial charge >= 0.3 is 0 Å². The summed E-state index contributed by atoms with van der Waals surface area (Å²) in [7, 11) is 0. The first-order valence-corrected chi connectivity index (χ1v) is 6.68. The Labute approximate surface area is 112 Å². The van der Waals surface area contributed by atoms with Gasteiger partial charge in [0.15, 0.2) is 0 Å². The lowest BCUT2D eigenvalue weighted by atomic mass is 10.1. The van der Waals surface area contributed by atoms with Crippen LogP contribution in [0.1, 0.15) is 13.3 Å². The van der Waals surface area contributed by atoms with E-state index in [0.29, 0.717) is 0 Å².